The van der Waals surface area contributed by atoms with Gasteiger partial charge in [0.15, 0.2) is 0 Å². The molecule has 1 aliphatic rings. The molecule has 0 amide bonds. The summed E-state index contributed by atoms with van der Waals surface area (Å²) in [4.78, 5) is 18.9. The third-order valence-electron chi connectivity index (χ3n) is 5.61. The number of aryl methyl sites for hydroxylation is 2. The molecule has 6 nitrogen and oxygen atoms in total. The van der Waals surface area contributed by atoms with Crippen molar-refractivity contribution in [2.75, 3.05) is 13.1 Å². The van der Waals surface area contributed by atoms with Crippen molar-refractivity contribution in [3.63, 3.8) is 0 Å². The molecule has 0 N–H and O–H groups in total. The molecule has 0 saturated carbocycles. The maximum atomic E-state index is 12.3. The van der Waals surface area contributed by atoms with E-state index < -0.39 is 0 Å². The summed E-state index contributed by atoms with van der Waals surface area (Å²) in [5, 5.41) is 5.63. The number of benzene rings is 1. The average molecular weight is 412 g/mol. The van der Waals surface area contributed by atoms with Gasteiger partial charge in [0.2, 0.25) is 0 Å². The smallest absolute Gasteiger partial charge is 0.280 e. The van der Waals surface area contributed by atoms with E-state index in [0.717, 1.165) is 44.5 Å². The van der Waals surface area contributed by atoms with Crippen LogP contribution >= 0.6 is 11.6 Å². The molecule has 152 valence electrons. The van der Waals surface area contributed by atoms with E-state index in [0.29, 0.717) is 16.2 Å². The zero-order valence-corrected chi connectivity index (χ0v) is 17.9. The topological polar surface area (TPSA) is 56.0 Å². The summed E-state index contributed by atoms with van der Waals surface area (Å²) < 4.78 is 4.18. The Hall–Kier alpha value is -2.44. The Morgan fingerprint density at radius 1 is 1.24 bits per heavy atom. The fourth-order valence-corrected chi connectivity index (χ4v) is 4.21. The normalized spacial score (nSPS) is 15.1. The second-order valence-corrected chi connectivity index (χ2v) is 8.06. The van der Waals surface area contributed by atoms with Crippen LogP contribution in [-0.2, 0) is 13.1 Å². The molecule has 0 unspecified atom stereocenters. The second kappa shape index (κ2) is 8.13. The molecule has 0 fully saturated rings. The van der Waals surface area contributed by atoms with E-state index in [9.17, 15) is 4.79 Å². The highest BCUT2D eigenvalue weighted by atomic mass is 35.5. The summed E-state index contributed by atoms with van der Waals surface area (Å²) in [5.74, 6) is 0.709. The van der Waals surface area contributed by atoms with Gasteiger partial charge in [-0.05, 0) is 38.5 Å². The third kappa shape index (κ3) is 3.87. The van der Waals surface area contributed by atoms with Gasteiger partial charge in [-0.3, -0.25) is 14.4 Å². The number of fused-ring (bicyclic) bond motifs is 1. The molecule has 1 aliphatic heterocycles. The molecule has 7 heteroatoms. The van der Waals surface area contributed by atoms with Gasteiger partial charge in [-0.25, -0.2) is 0 Å². The van der Waals surface area contributed by atoms with Crippen LogP contribution in [0.25, 0.3) is 16.6 Å². The predicted octanol–water partition coefficient (Wildman–Crippen LogP) is 4.02. The van der Waals surface area contributed by atoms with Crippen molar-refractivity contribution in [1.82, 2.24) is 24.2 Å². The van der Waals surface area contributed by atoms with Crippen LogP contribution in [0.1, 0.15) is 36.8 Å². The quantitative estimate of drug-likeness (QED) is 0.636. The molecule has 0 aliphatic carbocycles. The number of hydrogen-bond acceptors (Lipinski definition) is 4. The Morgan fingerprint density at radius 2 is 2.07 bits per heavy atom. The van der Waals surface area contributed by atoms with Crippen molar-refractivity contribution in [3.05, 3.63) is 62.9 Å². The van der Waals surface area contributed by atoms with E-state index in [2.05, 4.69) is 44.2 Å². The standard InChI is InChI=1S/C22H26ClN5O/c1-4-9-27-15(2)17(13-24-27)14-26-10-7-19(8-11-26)28-16(3)25-22(29)20-12-18(23)5-6-21(20)28/h5-7,12-13H,4,8-11,14H2,1-3H3. The van der Waals surface area contributed by atoms with E-state index in [4.69, 9.17) is 11.6 Å². The van der Waals surface area contributed by atoms with Crippen molar-refractivity contribution in [1.29, 1.82) is 0 Å². The molecule has 0 radical (unpaired) electrons. The maximum Gasteiger partial charge on any atom is 0.280 e. The minimum absolute atomic E-state index is 0.228. The highest BCUT2D eigenvalue weighted by Gasteiger charge is 2.18. The number of nitrogens with zero attached hydrogens (tertiary/aromatic N) is 5. The van der Waals surface area contributed by atoms with Crippen LogP contribution in [0.4, 0.5) is 0 Å². The summed E-state index contributed by atoms with van der Waals surface area (Å²) in [6.07, 6.45) is 6.22. The lowest BCUT2D eigenvalue weighted by Gasteiger charge is -2.28. The van der Waals surface area contributed by atoms with Gasteiger partial charge in [-0.2, -0.15) is 10.1 Å². The van der Waals surface area contributed by atoms with Gasteiger partial charge in [0.25, 0.3) is 5.56 Å². The van der Waals surface area contributed by atoms with Crippen molar-refractivity contribution in [2.24, 2.45) is 0 Å². The summed E-state index contributed by atoms with van der Waals surface area (Å²) in [6, 6.07) is 5.44. The Balaban J connectivity index is 1.59. The molecule has 1 aromatic carbocycles. The zero-order valence-electron chi connectivity index (χ0n) is 17.2. The Morgan fingerprint density at radius 3 is 2.79 bits per heavy atom. The molecule has 4 rings (SSSR count). The van der Waals surface area contributed by atoms with Crippen LogP contribution in [0.5, 0.6) is 0 Å². The van der Waals surface area contributed by atoms with Gasteiger partial charge in [0, 0.05) is 54.6 Å². The van der Waals surface area contributed by atoms with Gasteiger partial charge in [-0.1, -0.05) is 24.6 Å². The van der Waals surface area contributed by atoms with Crippen LogP contribution in [0.2, 0.25) is 5.02 Å². The highest BCUT2D eigenvalue weighted by Crippen LogP contribution is 2.25. The highest BCUT2D eigenvalue weighted by molar-refractivity contribution is 6.31. The Bertz CT molecular complexity index is 1140. The molecular formula is C22H26ClN5O. The fraction of sp³-hybridized carbons (Fsp3) is 0.409. The lowest BCUT2D eigenvalue weighted by molar-refractivity contribution is 0.291. The molecule has 3 heterocycles. The molecular weight excluding hydrogens is 386 g/mol. The van der Waals surface area contributed by atoms with Gasteiger partial charge >= 0.3 is 0 Å². The van der Waals surface area contributed by atoms with Crippen LogP contribution in [-0.4, -0.2) is 37.3 Å². The van der Waals surface area contributed by atoms with Gasteiger partial charge in [0.1, 0.15) is 5.82 Å². The minimum atomic E-state index is -0.228. The first kappa shape index (κ1) is 19.9. The molecule has 0 bridgehead atoms. The van der Waals surface area contributed by atoms with Crippen LogP contribution < -0.4 is 5.56 Å². The van der Waals surface area contributed by atoms with Crippen molar-refractivity contribution in [2.45, 2.75) is 46.7 Å². The second-order valence-electron chi connectivity index (χ2n) is 7.62. The first-order valence-electron chi connectivity index (χ1n) is 10.1. The molecule has 3 aromatic rings. The lowest BCUT2D eigenvalue weighted by atomic mass is 10.1. The molecule has 0 atom stereocenters. The number of aromatic nitrogens is 4. The first-order chi connectivity index (χ1) is 14.0. The van der Waals surface area contributed by atoms with Gasteiger partial charge < -0.3 is 4.57 Å². The van der Waals surface area contributed by atoms with E-state index >= 15 is 0 Å². The predicted molar refractivity (Wildman–Crippen MR) is 117 cm³/mol. The molecule has 0 saturated heterocycles. The van der Waals surface area contributed by atoms with Crippen LogP contribution in [0.15, 0.2) is 35.3 Å². The summed E-state index contributed by atoms with van der Waals surface area (Å²) in [6.45, 7) is 9.87. The minimum Gasteiger partial charge on any atom is -0.302 e. The Kier molecular flexibility index (Phi) is 5.56. The Labute approximate surface area is 175 Å². The largest absolute Gasteiger partial charge is 0.302 e. The number of hydrogen-bond donors (Lipinski definition) is 0. The zero-order chi connectivity index (χ0) is 20.5. The summed E-state index contributed by atoms with van der Waals surface area (Å²) in [5.41, 5.74) is 4.36. The maximum absolute atomic E-state index is 12.3. The molecule has 0 spiro atoms. The van der Waals surface area contributed by atoms with Gasteiger partial charge in [0.05, 0.1) is 17.1 Å². The van der Waals surface area contributed by atoms with Crippen LogP contribution in [0.3, 0.4) is 0 Å². The fourth-order valence-electron chi connectivity index (χ4n) is 4.03. The first-order valence-corrected chi connectivity index (χ1v) is 10.5. The SMILES string of the molecule is CCCn1ncc(CN2CC=C(n3c(C)nc(=O)c4cc(Cl)ccc43)CC2)c1C. The number of halogens is 1. The van der Waals surface area contributed by atoms with Crippen LogP contribution in [0, 0.1) is 13.8 Å². The van der Waals surface area contributed by atoms with E-state index in [1.165, 1.54) is 17.0 Å². The monoisotopic (exact) mass is 411 g/mol. The van der Waals surface area contributed by atoms with Crippen molar-refractivity contribution in [3.8, 4) is 0 Å². The van der Waals surface area contributed by atoms with E-state index in [1.807, 2.05) is 25.3 Å². The van der Waals surface area contributed by atoms with E-state index in [1.54, 1.807) is 6.07 Å². The average Bonchev–Trinajstić information content (AvgIpc) is 3.04. The lowest BCUT2D eigenvalue weighted by Crippen LogP contribution is -2.30. The van der Waals surface area contributed by atoms with Crippen molar-refractivity contribution < 1.29 is 0 Å². The molecule has 29 heavy (non-hydrogen) atoms. The summed E-state index contributed by atoms with van der Waals surface area (Å²) in [7, 11) is 0. The van der Waals surface area contributed by atoms with E-state index in [-0.39, 0.29) is 5.56 Å². The molecule has 2 aromatic heterocycles. The number of rotatable bonds is 5. The summed E-state index contributed by atoms with van der Waals surface area (Å²) >= 11 is 6.09. The van der Waals surface area contributed by atoms with Crippen molar-refractivity contribution >= 4 is 28.2 Å². The van der Waals surface area contributed by atoms with Gasteiger partial charge in [-0.15, -0.1) is 0 Å². The third-order valence-corrected chi connectivity index (χ3v) is 5.84.